The Morgan fingerprint density at radius 1 is 0.800 bits per heavy atom. The fourth-order valence-electron chi connectivity index (χ4n) is 1.54. The summed E-state index contributed by atoms with van der Waals surface area (Å²) in [4.78, 5) is 0.0957. The SMILES string of the molecule is N=C(N)Nc1ccc(S(N)(=O)=O)cc1.Nc1ccc(S(N)(=O)=O)cc1. The van der Waals surface area contributed by atoms with E-state index in [-0.39, 0.29) is 15.8 Å². The van der Waals surface area contributed by atoms with Gasteiger partial charge in [-0.3, -0.25) is 5.41 Å². The van der Waals surface area contributed by atoms with E-state index in [1.807, 2.05) is 0 Å². The van der Waals surface area contributed by atoms with Gasteiger partial charge in [-0.2, -0.15) is 0 Å². The van der Waals surface area contributed by atoms with Gasteiger partial charge in [0.15, 0.2) is 5.96 Å². The molecule has 10 nitrogen and oxygen atoms in total. The summed E-state index contributed by atoms with van der Waals surface area (Å²) in [6.45, 7) is 0. The first-order chi connectivity index (χ1) is 11.4. The van der Waals surface area contributed by atoms with Crippen molar-refractivity contribution >= 4 is 37.4 Å². The molecular formula is C13H18N6O4S2. The van der Waals surface area contributed by atoms with Crippen LogP contribution in [0, 0.1) is 5.41 Å². The molecule has 0 aliphatic rings. The van der Waals surface area contributed by atoms with Gasteiger partial charge >= 0.3 is 0 Å². The Morgan fingerprint density at radius 2 is 1.16 bits per heavy atom. The van der Waals surface area contributed by atoms with Crippen molar-refractivity contribution in [3.8, 4) is 0 Å². The highest BCUT2D eigenvalue weighted by molar-refractivity contribution is 7.89. The number of nitrogens with one attached hydrogen (secondary N) is 2. The van der Waals surface area contributed by atoms with Crippen LogP contribution in [0.15, 0.2) is 58.3 Å². The average molecular weight is 386 g/mol. The van der Waals surface area contributed by atoms with Crippen molar-refractivity contribution in [2.75, 3.05) is 11.1 Å². The van der Waals surface area contributed by atoms with Crippen molar-refractivity contribution in [3.05, 3.63) is 48.5 Å². The first-order valence-corrected chi connectivity index (χ1v) is 9.61. The first-order valence-electron chi connectivity index (χ1n) is 6.52. The smallest absolute Gasteiger partial charge is 0.238 e. The van der Waals surface area contributed by atoms with Gasteiger partial charge in [-0.1, -0.05) is 0 Å². The van der Waals surface area contributed by atoms with Crippen molar-refractivity contribution in [2.24, 2.45) is 16.0 Å². The molecule has 0 aromatic heterocycles. The Morgan fingerprint density at radius 3 is 1.48 bits per heavy atom. The summed E-state index contributed by atoms with van der Waals surface area (Å²) in [5.74, 6) is -0.214. The molecule has 12 heteroatoms. The lowest BCUT2D eigenvalue weighted by Crippen LogP contribution is -2.20. The van der Waals surface area contributed by atoms with Crippen LogP contribution < -0.4 is 27.1 Å². The van der Waals surface area contributed by atoms with E-state index in [1.165, 1.54) is 48.5 Å². The molecule has 0 spiro atoms. The number of hydrogen-bond donors (Lipinski definition) is 6. The van der Waals surface area contributed by atoms with Crippen LogP contribution in [0.2, 0.25) is 0 Å². The Kier molecular flexibility index (Phi) is 6.47. The number of rotatable bonds is 3. The summed E-state index contributed by atoms with van der Waals surface area (Å²) < 4.78 is 43.1. The van der Waals surface area contributed by atoms with Crippen LogP contribution in [0.5, 0.6) is 0 Å². The molecule has 10 N–H and O–H groups in total. The quantitative estimate of drug-likeness (QED) is 0.232. The monoisotopic (exact) mass is 386 g/mol. The molecule has 2 rings (SSSR count). The molecule has 2 aromatic carbocycles. The highest BCUT2D eigenvalue weighted by atomic mass is 32.2. The molecule has 0 unspecified atom stereocenters. The van der Waals surface area contributed by atoms with E-state index in [1.54, 1.807) is 0 Å². The summed E-state index contributed by atoms with van der Waals surface area (Å²) in [5.41, 5.74) is 11.5. The molecule has 25 heavy (non-hydrogen) atoms. The normalized spacial score (nSPS) is 11.1. The molecule has 0 heterocycles. The van der Waals surface area contributed by atoms with E-state index in [2.05, 4.69) is 5.32 Å². The Hall–Kier alpha value is -2.67. The molecule has 0 amide bonds. The number of nitrogens with two attached hydrogens (primary N) is 4. The van der Waals surface area contributed by atoms with Crippen LogP contribution >= 0.6 is 0 Å². The molecule has 0 radical (unpaired) electrons. The summed E-state index contributed by atoms with van der Waals surface area (Å²) >= 11 is 0. The average Bonchev–Trinajstić information content (AvgIpc) is 2.46. The van der Waals surface area contributed by atoms with Crippen molar-refractivity contribution < 1.29 is 16.8 Å². The zero-order valence-electron chi connectivity index (χ0n) is 12.9. The third-order valence-electron chi connectivity index (χ3n) is 2.67. The summed E-state index contributed by atoms with van der Waals surface area (Å²) in [7, 11) is -7.24. The van der Waals surface area contributed by atoms with Crippen LogP contribution in [-0.2, 0) is 20.0 Å². The maximum atomic E-state index is 10.9. The van der Waals surface area contributed by atoms with Gasteiger partial charge < -0.3 is 16.8 Å². The van der Waals surface area contributed by atoms with Crippen LogP contribution in [0.3, 0.4) is 0 Å². The number of hydrogen-bond acceptors (Lipinski definition) is 6. The van der Waals surface area contributed by atoms with Gasteiger partial charge in [0.1, 0.15) is 0 Å². The van der Waals surface area contributed by atoms with Crippen molar-refractivity contribution in [1.29, 1.82) is 5.41 Å². The fraction of sp³-hybridized carbons (Fsp3) is 0. The summed E-state index contributed by atoms with van der Waals surface area (Å²) in [5, 5.41) is 19.2. The number of benzene rings is 2. The minimum atomic E-state index is -3.66. The van der Waals surface area contributed by atoms with Gasteiger partial charge in [0.25, 0.3) is 0 Å². The summed E-state index contributed by atoms with van der Waals surface area (Å²) in [6, 6.07) is 11.3. The molecule has 0 aliphatic heterocycles. The highest BCUT2D eigenvalue weighted by Crippen LogP contribution is 2.12. The molecular weight excluding hydrogens is 368 g/mol. The molecule has 0 saturated heterocycles. The molecule has 0 saturated carbocycles. The molecule has 136 valence electrons. The highest BCUT2D eigenvalue weighted by Gasteiger charge is 2.06. The van der Waals surface area contributed by atoms with Gasteiger partial charge in [0.05, 0.1) is 9.79 Å². The Bertz CT molecular complexity index is 939. The molecule has 0 atom stereocenters. The van der Waals surface area contributed by atoms with E-state index < -0.39 is 20.0 Å². The third-order valence-corrected chi connectivity index (χ3v) is 4.53. The van der Waals surface area contributed by atoms with Crippen LogP contribution in [0.4, 0.5) is 11.4 Å². The number of sulfonamides is 2. The minimum absolute atomic E-state index is 0.0200. The van der Waals surface area contributed by atoms with E-state index in [9.17, 15) is 16.8 Å². The zero-order valence-corrected chi connectivity index (χ0v) is 14.5. The maximum Gasteiger partial charge on any atom is 0.238 e. The lowest BCUT2D eigenvalue weighted by Gasteiger charge is -2.03. The topological polar surface area (TPSA) is 208 Å². The third kappa shape index (κ3) is 7.17. The van der Waals surface area contributed by atoms with Gasteiger partial charge in [-0.05, 0) is 48.5 Å². The van der Waals surface area contributed by atoms with E-state index in [4.69, 9.17) is 27.2 Å². The maximum absolute atomic E-state index is 10.9. The molecule has 2 aromatic rings. The Labute approximate surface area is 145 Å². The number of primary sulfonamides is 2. The minimum Gasteiger partial charge on any atom is -0.399 e. The standard InChI is InChI=1S/C7H10N4O2S.C6H8N2O2S/c8-7(9)11-5-1-3-6(4-2-5)14(10,12)13;7-5-1-3-6(4-2-5)11(8,9)10/h1-4H,(H4,8,9,11)(H2,10,12,13);1-4H,7H2,(H2,8,9,10). The largest absolute Gasteiger partial charge is 0.399 e. The van der Waals surface area contributed by atoms with Gasteiger partial charge in [-0.15, -0.1) is 0 Å². The second-order valence-electron chi connectivity index (χ2n) is 4.72. The zero-order chi connectivity index (χ0) is 19.3. The van der Waals surface area contributed by atoms with Crippen LogP contribution in [0.25, 0.3) is 0 Å². The predicted molar refractivity (Wildman–Crippen MR) is 95.6 cm³/mol. The van der Waals surface area contributed by atoms with Crippen molar-refractivity contribution in [3.63, 3.8) is 0 Å². The van der Waals surface area contributed by atoms with E-state index >= 15 is 0 Å². The fourth-order valence-corrected chi connectivity index (χ4v) is 2.57. The molecule has 0 fully saturated rings. The second kappa shape index (κ2) is 7.94. The number of nitrogen functional groups attached to an aromatic ring is 1. The van der Waals surface area contributed by atoms with E-state index in [0.717, 1.165) is 0 Å². The van der Waals surface area contributed by atoms with Gasteiger partial charge in [0, 0.05) is 11.4 Å². The molecule has 0 aliphatic carbocycles. The predicted octanol–water partition coefficient (Wildman–Crippen LogP) is -0.444. The first kappa shape index (κ1) is 20.4. The van der Waals surface area contributed by atoms with E-state index in [0.29, 0.717) is 11.4 Å². The Balaban J connectivity index is 0.000000257. The molecule has 0 bridgehead atoms. The number of anilines is 2. The number of guanidine groups is 1. The van der Waals surface area contributed by atoms with Crippen molar-refractivity contribution in [1.82, 2.24) is 0 Å². The van der Waals surface area contributed by atoms with Gasteiger partial charge in [0.2, 0.25) is 20.0 Å². The second-order valence-corrected chi connectivity index (χ2v) is 7.84. The van der Waals surface area contributed by atoms with Crippen LogP contribution in [0.1, 0.15) is 0 Å². The summed E-state index contributed by atoms with van der Waals surface area (Å²) in [6.07, 6.45) is 0. The van der Waals surface area contributed by atoms with Gasteiger partial charge in [-0.25, -0.2) is 27.1 Å². The van der Waals surface area contributed by atoms with Crippen LogP contribution in [-0.4, -0.2) is 22.8 Å². The van der Waals surface area contributed by atoms with Crippen molar-refractivity contribution in [2.45, 2.75) is 9.79 Å². The lowest BCUT2D eigenvalue weighted by molar-refractivity contribution is 0.596. The lowest BCUT2D eigenvalue weighted by atomic mass is 10.3.